The summed E-state index contributed by atoms with van der Waals surface area (Å²) in [5.41, 5.74) is 1.19. The summed E-state index contributed by atoms with van der Waals surface area (Å²) in [4.78, 5) is 17.1. The lowest BCUT2D eigenvalue weighted by molar-refractivity contribution is 0.0843. The van der Waals surface area contributed by atoms with Gasteiger partial charge in [0.25, 0.3) is 5.91 Å². The van der Waals surface area contributed by atoms with Crippen molar-refractivity contribution < 1.29 is 9.90 Å². The van der Waals surface area contributed by atoms with Crippen LogP contribution in [0.1, 0.15) is 45.9 Å². The maximum Gasteiger partial charge on any atom is 0.263 e. The van der Waals surface area contributed by atoms with Gasteiger partial charge in [-0.2, -0.15) is 0 Å². The molecule has 0 bridgehead atoms. The molecule has 1 aromatic carbocycles. The van der Waals surface area contributed by atoms with Crippen molar-refractivity contribution in [1.82, 2.24) is 10.3 Å². The van der Waals surface area contributed by atoms with E-state index in [4.69, 9.17) is 0 Å². The Morgan fingerprint density at radius 3 is 2.78 bits per heavy atom. The SMILES string of the molecule is O=C(NCC(O)C1CCCC1)c1cnc(Cc2ccccc2)s1. The van der Waals surface area contributed by atoms with Crippen LogP contribution >= 0.6 is 11.3 Å². The third-order valence-corrected chi connectivity index (χ3v) is 5.39. The first-order valence-electron chi connectivity index (χ1n) is 8.17. The largest absolute Gasteiger partial charge is 0.391 e. The van der Waals surface area contributed by atoms with Crippen molar-refractivity contribution in [3.8, 4) is 0 Å². The Hall–Kier alpha value is -1.72. The van der Waals surface area contributed by atoms with Crippen LogP contribution in [0.3, 0.4) is 0 Å². The van der Waals surface area contributed by atoms with E-state index in [9.17, 15) is 9.90 Å². The van der Waals surface area contributed by atoms with E-state index in [-0.39, 0.29) is 5.91 Å². The summed E-state index contributed by atoms with van der Waals surface area (Å²) in [6.07, 6.45) is 6.44. The van der Waals surface area contributed by atoms with E-state index >= 15 is 0 Å². The number of amides is 1. The van der Waals surface area contributed by atoms with Gasteiger partial charge in [-0.3, -0.25) is 4.79 Å². The van der Waals surface area contributed by atoms with Crippen LogP contribution in [-0.4, -0.2) is 28.6 Å². The Kier molecular flexibility index (Phi) is 5.41. The molecule has 1 amide bonds. The van der Waals surface area contributed by atoms with Crippen LogP contribution < -0.4 is 5.32 Å². The third-order valence-electron chi connectivity index (χ3n) is 4.39. The van der Waals surface area contributed by atoms with Crippen LogP contribution in [0.15, 0.2) is 36.5 Å². The number of nitrogens with zero attached hydrogens (tertiary/aromatic N) is 1. The molecule has 2 N–H and O–H groups in total. The fourth-order valence-corrected chi connectivity index (χ4v) is 3.93. The van der Waals surface area contributed by atoms with Crippen molar-refractivity contribution in [1.29, 1.82) is 0 Å². The molecule has 1 fully saturated rings. The lowest BCUT2D eigenvalue weighted by Crippen LogP contribution is -2.35. The standard InChI is InChI=1S/C18H22N2O2S/c21-15(14-8-4-5-9-14)11-20-18(22)16-12-19-17(23-16)10-13-6-2-1-3-7-13/h1-3,6-7,12,14-15,21H,4-5,8-11H2,(H,20,22). The highest BCUT2D eigenvalue weighted by molar-refractivity contribution is 7.13. The maximum atomic E-state index is 12.2. The van der Waals surface area contributed by atoms with Crippen molar-refractivity contribution >= 4 is 17.2 Å². The van der Waals surface area contributed by atoms with Gasteiger partial charge in [0.05, 0.1) is 17.3 Å². The number of benzene rings is 1. The molecule has 0 aliphatic heterocycles. The molecule has 1 aliphatic rings. The molecule has 1 aliphatic carbocycles. The van der Waals surface area contributed by atoms with E-state index in [0.717, 1.165) is 24.3 Å². The smallest absolute Gasteiger partial charge is 0.263 e. The topological polar surface area (TPSA) is 62.2 Å². The molecular weight excluding hydrogens is 308 g/mol. The lowest BCUT2D eigenvalue weighted by atomic mass is 10.0. The highest BCUT2D eigenvalue weighted by Crippen LogP contribution is 2.27. The highest BCUT2D eigenvalue weighted by Gasteiger charge is 2.23. The van der Waals surface area contributed by atoms with Gasteiger partial charge in [0.15, 0.2) is 0 Å². The summed E-state index contributed by atoms with van der Waals surface area (Å²) >= 11 is 1.41. The Morgan fingerprint density at radius 1 is 1.30 bits per heavy atom. The lowest BCUT2D eigenvalue weighted by Gasteiger charge is -2.17. The van der Waals surface area contributed by atoms with E-state index in [1.165, 1.54) is 29.7 Å². The van der Waals surface area contributed by atoms with E-state index in [1.54, 1.807) is 6.20 Å². The molecule has 4 nitrogen and oxygen atoms in total. The van der Waals surface area contributed by atoms with Crippen LogP contribution in [-0.2, 0) is 6.42 Å². The first-order chi connectivity index (χ1) is 11.2. The number of aromatic nitrogens is 1. The predicted molar refractivity (Wildman–Crippen MR) is 91.7 cm³/mol. The van der Waals surface area contributed by atoms with E-state index in [2.05, 4.69) is 22.4 Å². The number of thiazole rings is 1. The normalized spacial score (nSPS) is 16.4. The molecular formula is C18H22N2O2S. The Morgan fingerprint density at radius 2 is 2.04 bits per heavy atom. The van der Waals surface area contributed by atoms with Gasteiger partial charge in [0, 0.05) is 13.0 Å². The average molecular weight is 330 g/mol. The minimum Gasteiger partial charge on any atom is -0.391 e. The molecule has 0 saturated heterocycles. The van der Waals surface area contributed by atoms with Crippen molar-refractivity contribution in [2.45, 2.75) is 38.2 Å². The zero-order valence-electron chi connectivity index (χ0n) is 13.1. The molecule has 2 aromatic rings. The first-order valence-corrected chi connectivity index (χ1v) is 8.99. The second-order valence-electron chi connectivity index (χ2n) is 6.10. The molecule has 1 heterocycles. The molecule has 1 unspecified atom stereocenters. The molecule has 1 saturated carbocycles. The minimum absolute atomic E-state index is 0.140. The van der Waals surface area contributed by atoms with Gasteiger partial charge in [-0.1, -0.05) is 43.2 Å². The van der Waals surface area contributed by atoms with Gasteiger partial charge in [0.2, 0.25) is 0 Å². The molecule has 1 atom stereocenters. The molecule has 0 radical (unpaired) electrons. The number of rotatable bonds is 6. The van der Waals surface area contributed by atoms with Gasteiger partial charge < -0.3 is 10.4 Å². The number of nitrogens with one attached hydrogen (secondary N) is 1. The molecule has 23 heavy (non-hydrogen) atoms. The van der Waals surface area contributed by atoms with Crippen LogP contribution in [0.25, 0.3) is 0 Å². The first kappa shape index (κ1) is 16.1. The third kappa shape index (κ3) is 4.39. The van der Waals surface area contributed by atoms with Gasteiger partial charge in [-0.15, -0.1) is 11.3 Å². The maximum absolute atomic E-state index is 12.2. The minimum atomic E-state index is -0.432. The van der Waals surface area contributed by atoms with Crippen molar-refractivity contribution in [3.05, 3.63) is 52.0 Å². The molecule has 122 valence electrons. The summed E-state index contributed by atoms with van der Waals surface area (Å²) in [6.45, 7) is 0.329. The van der Waals surface area contributed by atoms with E-state index in [1.807, 2.05) is 18.2 Å². The van der Waals surface area contributed by atoms with Gasteiger partial charge >= 0.3 is 0 Å². The van der Waals surface area contributed by atoms with Gasteiger partial charge in [0.1, 0.15) is 4.88 Å². The molecule has 1 aromatic heterocycles. The predicted octanol–water partition coefficient (Wildman–Crippen LogP) is 3.01. The van der Waals surface area contributed by atoms with Crippen LogP contribution in [0.5, 0.6) is 0 Å². The Balaban J connectivity index is 1.51. The molecule has 5 heteroatoms. The number of carbonyl (C=O) groups is 1. The Bertz CT molecular complexity index is 635. The second kappa shape index (κ2) is 7.70. The monoisotopic (exact) mass is 330 g/mol. The second-order valence-corrected chi connectivity index (χ2v) is 7.22. The summed E-state index contributed by atoms with van der Waals surface area (Å²) < 4.78 is 0. The number of aliphatic hydroxyl groups is 1. The fourth-order valence-electron chi connectivity index (χ4n) is 3.06. The van der Waals surface area contributed by atoms with Crippen molar-refractivity contribution in [3.63, 3.8) is 0 Å². The Labute approximate surface area is 140 Å². The van der Waals surface area contributed by atoms with Gasteiger partial charge in [-0.25, -0.2) is 4.98 Å². The molecule has 3 rings (SSSR count). The summed E-state index contributed by atoms with van der Waals surface area (Å²) in [6, 6.07) is 10.1. The van der Waals surface area contributed by atoms with Crippen LogP contribution in [0.4, 0.5) is 0 Å². The average Bonchev–Trinajstić information content (AvgIpc) is 3.25. The number of hydrogen-bond donors (Lipinski definition) is 2. The van der Waals surface area contributed by atoms with E-state index in [0.29, 0.717) is 17.3 Å². The number of aliphatic hydroxyl groups excluding tert-OH is 1. The van der Waals surface area contributed by atoms with Crippen molar-refractivity contribution in [2.75, 3.05) is 6.54 Å². The summed E-state index contributed by atoms with van der Waals surface area (Å²) in [7, 11) is 0. The van der Waals surface area contributed by atoms with Gasteiger partial charge in [-0.05, 0) is 24.3 Å². The molecule has 0 spiro atoms. The quantitative estimate of drug-likeness (QED) is 0.856. The zero-order valence-corrected chi connectivity index (χ0v) is 13.9. The number of carbonyl (C=O) groups excluding carboxylic acids is 1. The van der Waals surface area contributed by atoms with Crippen LogP contribution in [0.2, 0.25) is 0 Å². The van der Waals surface area contributed by atoms with Crippen LogP contribution in [0, 0.1) is 5.92 Å². The summed E-state index contributed by atoms with van der Waals surface area (Å²) in [5, 5.41) is 13.9. The summed E-state index contributed by atoms with van der Waals surface area (Å²) in [5.74, 6) is 0.198. The highest BCUT2D eigenvalue weighted by atomic mass is 32.1. The van der Waals surface area contributed by atoms with Crippen molar-refractivity contribution in [2.24, 2.45) is 5.92 Å². The number of hydrogen-bond acceptors (Lipinski definition) is 4. The fraction of sp³-hybridized carbons (Fsp3) is 0.444. The zero-order chi connectivity index (χ0) is 16.1. The van der Waals surface area contributed by atoms with E-state index < -0.39 is 6.10 Å².